The van der Waals surface area contributed by atoms with Crippen molar-refractivity contribution in [3.8, 4) is 0 Å². The van der Waals surface area contributed by atoms with E-state index in [0.29, 0.717) is 6.54 Å². The van der Waals surface area contributed by atoms with E-state index in [4.69, 9.17) is 0 Å². The van der Waals surface area contributed by atoms with Gasteiger partial charge in [0.1, 0.15) is 0 Å². The molecule has 1 N–H and O–H groups in total. The second-order valence-electron chi connectivity index (χ2n) is 7.10. The largest absolute Gasteiger partial charge is 0.481 e. The Kier molecular flexibility index (Phi) is 3.78. The molecule has 1 atom stereocenters. The van der Waals surface area contributed by atoms with Crippen molar-refractivity contribution in [3.05, 3.63) is 35.4 Å². The number of carboxylic acids is 1. The summed E-state index contributed by atoms with van der Waals surface area (Å²) >= 11 is 0. The van der Waals surface area contributed by atoms with Crippen LogP contribution >= 0.6 is 0 Å². The molecule has 0 bridgehead atoms. The Morgan fingerprint density at radius 1 is 1.43 bits per heavy atom. The van der Waals surface area contributed by atoms with Crippen molar-refractivity contribution in [2.75, 3.05) is 13.1 Å². The van der Waals surface area contributed by atoms with Crippen LogP contribution in [0.5, 0.6) is 0 Å². The van der Waals surface area contributed by atoms with Gasteiger partial charge in [-0.15, -0.1) is 0 Å². The Balaban J connectivity index is 1.69. The Labute approximate surface area is 127 Å². The van der Waals surface area contributed by atoms with E-state index >= 15 is 0 Å². The quantitative estimate of drug-likeness (QED) is 0.901. The van der Waals surface area contributed by atoms with Crippen molar-refractivity contribution >= 4 is 5.97 Å². The van der Waals surface area contributed by atoms with E-state index in [2.05, 4.69) is 29.2 Å². The van der Waals surface area contributed by atoms with E-state index in [1.807, 2.05) is 13.8 Å². The van der Waals surface area contributed by atoms with Crippen molar-refractivity contribution in [3.63, 3.8) is 0 Å². The Morgan fingerprint density at radius 3 is 2.76 bits per heavy atom. The summed E-state index contributed by atoms with van der Waals surface area (Å²) in [5, 5.41) is 9.62. The van der Waals surface area contributed by atoms with E-state index in [-0.39, 0.29) is 5.92 Å². The summed E-state index contributed by atoms with van der Waals surface area (Å²) in [6.07, 6.45) is 3.41. The number of carboxylic acid groups (broad SMARTS) is 1. The van der Waals surface area contributed by atoms with Gasteiger partial charge >= 0.3 is 5.97 Å². The van der Waals surface area contributed by atoms with Crippen LogP contribution in [-0.2, 0) is 11.3 Å². The summed E-state index contributed by atoms with van der Waals surface area (Å²) in [6, 6.07) is 8.85. The normalized spacial score (nSPS) is 26.4. The molecule has 1 heterocycles. The van der Waals surface area contributed by atoms with E-state index in [9.17, 15) is 9.90 Å². The fourth-order valence-electron chi connectivity index (χ4n) is 3.56. The molecule has 1 aromatic rings. The number of hydrogen-bond acceptors (Lipinski definition) is 2. The number of likely N-dealkylation sites (tertiary alicyclic amines) is 1. The van der Waals surface area contributed by atoms with Gasteiger partial charge in [-0.2, -0.15) is 0 Å². The molecule has 1 aliphatic heterocycles. The molecule has 0 amide bonds. The lowest BCUT2D eigenvalue weighted by molar-refractivity contribution is -0.151. The van der Waals surface area contributed by atoms with Crippen LogP contribution in [0.4, 0.5) is 0 Å². The third kappa shape index (κ3) is 2.84. The van der Waals surface area contributed by atoms with Gasteiger partial charge in [0, 0.05) is 13.1 Å². The van der Waals surface area contributed by atoms with Crippen molar-refractivity contribution in [2.24, 2.45) is 11.3 Å². The third-order valence-corrected chi connectivity index (χ3v) is 5.32. The molecule has 0 radical (unpaired) electrons. The van der Waals surface area contributed by atoms with Crippen LogP contribution in [0.1, 0.15) is 50.2 Å². The van der Waals surface area contributed by atoms with Crippen LogP contribution in [0.3, 0.4) is 0 Å². The average Bonchev–Trinajstić information content (AvgIpc) is 3.20. The molecule has 1 unspecified atom stereocenters. The molecule has 3 heteroatoms. The summed E-state index contributed by atoms with van der Waals surface area (Å²) in [6.45, 7) is 6.50. The van der Waals surface area contributed by atoms with Gasteiger partial charge in [-0.25, -0.2) is 0 Å². The zero-order chi connectivity index (χ0) is 15.0. The SMILES string of the molecule is CC(C)C1(C(=O)O)CCN(Cc2cccc(C3CC3)c2)C1. The first-order valence-electron chi connectivity index (χ1n) is 8.06. The minimum absolute atomic E-state index is 0.179. The molecule has 114 valence electrons. The van der Waals surface area contributed by atoms with E-state index in [0.717, 1.165) is 25.4 Å². The van der Waals surface area contributed by atoms with Gasteiger partial charge in [0.2, 0.25) is 0 Å². The lowest BCUT2D eigenvalue weighted by Gasteiger charge is -2.29. The van der Waals surface area contributed by atoms with Gasteiger partial charge in [0.05, 0.1) is 5.41 Å². The van der Waals surface area contributed by atoms with Gasteiger partial charge in [-0.05, 0) is 48.8 Å². The summed E-state index contributed by atoms with van der Waals surface area (Å²) in [4.78, 5) is 14.0. The zero-order valence-electron chi connectivity index (χ0n) is 13.0. The summed E-state index contributed by atoms with van der Waals surface area (Å²) < 4.78 is 0. The number of benzene rings is 1. The predicted molar refractivity (Wildman–Crippen MR) is 83.2 cm³/mol. The molecular weight excluding hydrogens is 262 g/mol. The van der Waals surface area contributed by atoms with Gasteiger partial charge in [-0.3, -0.25) is 9.69 Å². The lowest BCUT2D eigenvalue weighted by Crippen LogP contribution is -2.39. The number of aliphatic carboxylic acids is 1. The minimum atomic E-state index is -0.633. The van der Waals surface area contributed by atoms with Gasteiger partial charge in [0.15, 0.2) is 0 Å². The van der Waals surface area contributed by atoms with Gasteiger partial charge in [-0.1, -0.05) is 38.1 Å². The summed E-state index contributed by atoms with van der Waals surface area (Å²) in [5.74, 6) is 0.321. The van der Waals surface area contributed by atoms with E-state index < -0.39 is 11.4 Å². The summed E-state index contributed by atoms with van der Waals surface area (Å²) in [5.41, 5.74) is 2.22. The number of hydrogen-bond donors (Lipinski definition) is 1. The molecule has 21 heavy (non-hydrogen) atoms. The second-order valence-corrected chi connectivity index (χ2v) is 7.10. The maximum absolute atomic E-state index is 11.7. The smallest absolute Gasteiger partial charge is 0.311 e. The van der Waals surface area contributed by atoms with E-state index in [1.54, 1.807) is 0 Å². The fourth-order valence-corrected chi connectivity index (χ4v) is 3.56. The van der Waals surface area contributed by atoms with Crippen LogP contribution < -0.4 is 0 Å². The molecule has 2 aliphatic rings. The average molecular weight is 287 g/mol. The lowest BCUT2D eigenvalue weighted by atomic mass is 9.76. The maximum Gasteiger partial charge on any atom is 0.311 e. The molecular formula is C18H25NO2. The molecule has 2 fully saturated rings. The highest BCUT2D eigenvalue weighted by atomic mass is 16.4. The van der Waals surface area contributed by atoms with Crippen LogP contribution in [0.25, 0.3) is 0 Å². The summed E-state index contributed by atoms with van der Waals surface area (Å²) in [7, 11) is 0. The van der Waals surface area contributed by atoms with Gasteiger partial charge < -0.3 is 5.11 Å². The number of rotatable bonds is 5. The molecule has 3 rings (SSSR count). The molecule has 1 saturated heterocycles. The molecule has 0 aromatic heterocycles. The Hall–Kier alpha value is -1.35. The highest BCUT2D eigenvalue weighted by molar-refractivity contribution is 5.75. The predicted octanol–water partition coefficient (Wildman–Crippen LogP) is 3.50. The molecule has 3 nitrogen and oxygen atoms in total. The second kappa shape index (κ2) is 5.45. The van der Waals surface area contributed by atoms with Crippen LogP contribution in [0, 0.1) is 11.3 Å². The van der Waals surface area contributed by atoms with Gasteiger partial charge in [0.25, 0.3) is 0 Å². The number of nitrogens with zero attached hydrogens (tertiary/aromatic N) is 1. The highest BCUT2D eigenvalue weighted by Gasteiger charge is 2.47. The van der Waals surface area contributed by atoms with Crippen LogP contribution in [-0.4, -0.2) is 29.1 Å². The zero-order valence-corrected chi connectivity index (χ0v) is 13.0. The topological polar surface area (TPSA) is 40.5 Å². The first-order chi connectivity index (χ1) is 10.0. The standard InChI is InChI=1S/C18H25NO2/c1-13(2)18(17(20)21)8-9-19(12-18)11-14-4-3-5-16(10-14)15-6-7-15/h3-5,10,13,15H,6-9,11-12H2,1-2H3,(H,20,21). The molecule has 1 aliphatic carbocycles. The highest BCUT2D eigenvalue weighted by Crippen LogP contribution is 2.41. The minimum Gasteiger partial charge on any atom is -0.481 e. The first-order valence-corrected chi connectivity index (χ1v) is 8.06. The molecule has 1 aromatic carbocycles. The Bertz CT molecular complexity index is 536. The third-order valence-electron chi connectivity index (χ3n) is 5.32. The van der Waals surface area contributed by atoms with Crippen LogP contribution in [0.15, 0.2) is 24.3 Å². The Morgan fingerprint density at radius 2 is 2.19 bits per heavy atom. The molecule has 0 spiro atoms. The molecule has 1 saturated carbocycles. The van der Waals surface area contributed by atoms with Crippen molar-refractivity contribution in [1.82, 2.24) is 4.90 Å². The fraction of sp³-hybridized carbons (Fsp3) is 0.611. The van der Waals surface area contributed by atoms with Crippen molar-refractivity contribution in [2.45, 2.75) is 45.6 Å². The van der Waals surface area contributed by atoms with Crippen molar-refractivity contribution < 1.29 is 9.90 Å². The number of carbonyl (C=O) groups is 1. The monoisotopic (exact) mass is 287 g/mol. The van der Waals surface area contributed by atoms with E-state index in [1.165, 1.54) is 24.0 Å². The van der Waals surface area contributed by atoms with Crippen molar-refractivity contribution in [1.29, 1.82) is 0 Å². The maximum atomic E-state index is 11.7. The first kappa shape index (κ1) is 14.6. The van der Waals surface area contributed by atoms with Crippen LogP contribution in [0.2, 0.25) is 0 Å².